The van der Waals surface area contributed by atoms with E-state index in [1.165, 1.54) is 6.26 Å². The number of halogens is 2. The number of fused-ring (bicyclic) bond motifs is 3. The van der Waals surface area contributed by atoms with Gasteiger partial charge in [0.2, 0.25) is 11.8 Å². The van der Waals surface area contributed by atoms with Gasteiger partial charge < -0.3 is 10.2 Å². The minimum absolute atomic E-state index is 0.0776. The summed E-state index contributed by atoms with van der Waals surface area (Å²) in [6, 6.07) is 19.3. The van der Waals surface area contributed by atoms with Crippen LogP contribution in [0.15, 0.2) is 71.6 Å². The molecule has 1 N–H and O–H groups in total. The van der Waals surface area contributed by atoms with Crippen LogP contribution >= 0.6 is 23.2 Å². The third kappa shape index (κ3) is 4.22. The smallest absolute Gasteiger partial charge is 0.250 e. The third-order valence-electron chi connectivity index (χ3n) is 9.20. The van der Waals surface area contributed by atoms with Gasteiger partial charge in [0.25, 0.3) is 0 Å². The summed E-state index contributed by atoms with van der Waals surface area (Å²) >= 11 is 12.9. The van der Waals surface area contributed by atoms with Gasteiger partial charge in [-0.25, -0.2) is 8.42 Å². The quantitative estimate of drug-likeness (QED) is 0.414. The van der Waals surface area contributed by atoms with E-state index in [1.807, 2.05) is 30.3 Å². The van der Waals surface area contributed by atoms with Crippen molar-refractivity contribution in [2.45, 2.75) is 41.7 Å². The first kappa shape index (κ1) is 27.0. The minimum Gasteiger partial charge on any atom is -0.324 e. The highest BCUT2D eigenvalue weighted by atomic mass is 35.5. The lowest BCUT2D eigenvalue weighted by Gasteiger charge is -2.40. The fraction of sp³-hybridized carbons (Fsp3) is 0.355. The minimum atomic E-state index is -3.37. The summed E-state index contributed by atoms with van der Waals surface area (Å²) in [6.07, 6.45) is 4.05. The van der Waals surface area contributed by atoms with Gasteiger partial charge in [-0.15, -0.1) is 0 Å². The molecule has 10 heteroatoms. The van der Waals surface area contributed by atoms with Crippen LogP contribution in [0, 0.1) is 11.8 Å². The average Bonchev–Trinajstić information content (AvgIpc) is 3.64. The highest BCUT2D eigenvalue weighted by Crippen LogP contribution is 2.62. The Balaban J connectivity index is 1.40. The first-order chi connectivity index (χ1) is 19.6. The SMILES string of the molecule is CS(=O)(=O)c1ccc(N2CC[C@H]3[C@@H](C2=O)[C@H](c2cccc(Cl)c2)[C@]2(C(=O)Nc4cc(Cl)ccc42)N3CC2CC2)cc1. The first-order valence-electron chi connectivity index (χ1n) is 13.8. The molecule has 4 atom stereocenters. The van der Waals surface area contributed by atoms with Crippen LogP contribution in [0.5, 0.6) is 0 Å². The van der Waals surface area contributed by atoms with Gasteiger partial charge in [-0.2, -0.15) is 0 Å². The van der Waals surface area contributed by atoms with E-state index in [0.29, 0.717) is 40.3 Å². The molecule has 3 aromatic rings. The summed E-state index contributed by atoms with van der Waals surface area (Å²) < 4.78 is 24.1. The number of amides is 2. The molecule has 0 radical (unpaired) electrons. The van der Waals surface area contributed by atoms with Crippen molar-refractivity contribution in [3.05, 3.63) is 87.9 Å². The van der Waals surface area contributed by atoms with Crippen LogP contribution < -0.4 is 10.2 Å². The second-order valence-corrected chi connectivity index (χ2v) is 14.6. The van der Waals surface area contributed by atoms with Gasteiger partial charge in [-0.05, 0) is 79.3 Å². The molecule has 0 unspecified atom stereocenters. The molecule has 212 valence electrons. The maximum absolute atomic E-state index is 14.6. The number of nitrogens with zero attached hydrogens (tertiary/aromatic N) is 2. The molecule has 2 amide bonds. The number of nitrogens with one attached hydrogen (secondary N) is 1. The van der Waals surface area contributed by atoms with Crippen LogP contribution in [0.3, 0.4) is 0 Å². The standard InChI is InChI=1S/C31H29Cl2N3O4S/c1-41(39,40)23-10-8-22(9-11-23)35-14-13-26-27(29(35)37)28(19-3-2-4-20(32)15-19)31(36(26)17-18-5-6-18)24-12-7-21(33)16-25(24)34-30(31)38/h2-4,7-12,15-16,18,26-28H,5-6,13-14,17H2,1H3,(H,34,38)/t26-,27+,28-,31+/m0/s1. The lowest BCUT2D eigenvalue weighted by molar-refractivity contribution is -0.128. The van der Waals surface area contributed by atoms with Crippen LogP contribution in [-0.2, 0) is 25.0 Å². The average molecular weight is 611 g/mol. The van der Waals surface area contributed by atoms with E-state index in [1.54, 1.807) is 41.3 Å². The Morgan fingerprint density at radius 2 is 1.68 bits per heavy atom. The Bertz CT molecular complexity index is 1690. The highest BCUT2D eigenvalue weighted by molar-refractivity contribution is 7.90. The van der Waals surface area contributed by atoms with E-state index in [-0.39, 0.29) is 22.8 Å². The number of hydrogen-bond donors (Lipinski definition) is 1. The van der Waals surface area contributed by atoms with Crippen LogP contribution in [0.2, 0.25) is 10.0 Å². The second kappa shape index (κ2) is 9.56. The predicted molar refractivity (Wildman–Crippen MR) is 159 cm³/mol. The second-order valence-electron chi connectivity index (χ2n) is 11.7. The zero-order valence-corrected chi connectivity index (χ0v) is 24.7. The van der Waals surface area contributed by atoms with Crippen molar-refractivity contribution < 1.29 is 18.0 Å². The largest absolute Gasteiger partial charge is 0.324 e. The number of carbonyl (C=O) groups is 2. The van der Waals surface area contributed by atoms with Gasteiger partial charge in [0.05, 0.1) is 10.8 Å². The summed E-state index contributed by atoms with van der Waals surface area (Å²) in [5.41, 5.74) is 1.89. The number of likely N-dealkylation sites (tertiary alicyclic amines) is 1. The Hall–Kier alpha value is -2.91. The zero-order chi connectivity index (χ0) is 28.7. The van der Waals surface area contributed by atoms with Crippen LogP contribution in [-0.4, -0.2) is 50.5 Å². The zero-order valence-electron chi connectivity index (χ0n) is 22.4. The van der Waals surface area contributed by atoms with Crippen molar-refractivity contribution >= 4 is 56.2 Å². The third-order valence-corrected chi connectivity index (χ3v) is 10.8. The van der Waals surface area contributed by atoms with E-state index >= 15 is 0 Å². The fourth-order valence-electron chi connectivity index (χ4n) is 7.33. The fourth-order valence-corrected chi connectivity index (χ4v) is 8.33. The number of rotatable bonds is 5. The summed E-state index contributed by atoms with van der Waals surface area (Å²) in [5.74, 6) is -0.773. The maximum atomic E-state index is 14.6. The number of carbonyl (C=O) groups excluding carboxylic acids is 2. The molecule has 3 heterocycles. The number of hydrogen-bond acceptors (Lipinski definition) is 5. The molecule has 3 fully saturated rings. The summed E-state index contributed by atoms with van der Waals surface area (Å²) in [7, 11) is -3.37. The van der Waals surface area contributed by atoms with Crippen LogP contribution in [0.25, 0.3) is 0 Å². The van der Waals surface area contributed by atoms with E-state index in [2.05, 4.69) is 10.2 Å². The Morgan fingerprint density at radius 3 is 2.37 bits per heavy atom. The van der Waals surface area contributed by atoms with Gasteiger partial charge >= 0.3 is 0 Å². The summed E-state index contributed by atoms with van der Waals surface area (Å²) in [6.45, 7) is 1.19. The molecule has 41 heavy (non-hydrogen) atoms. The molecule has 0 bridgehead atoms. The van der Waals surface area contributed by atoms with Crippen molar-refractivity contribution in [1.29, 1.82) is 0 Å². The van der Waals surface area contributed by atoms with Gasteiger partial charge in [0.1, 0.15) is 5.54 Å². The number of piperidine rings is 1. The molecule has 4 aliphatic rings. The van der Waals surface area contributed by atoms with Crippen molar-refractivity contribution in [2.24, 2.45) is 11.8 Å². The topological polar surface area (TPSA) is 86.8 Å². The number of sulfone groups is 1. The molecule has 1 saturated carbocycles. The lowest BCUT2D eigenvalue weighted by Crippen LogP contribution is -2.54. The maximum Gasteiger partial charge on any atom is 0.250 e. The Kier molecular flexibility index (Phi) is 6.28. The van der Waals surface area contributed by atoms with Crippen molar-refractivity contribution in [3.8, 4) is 0 Å². The van der Waals surface area contributed by atoms with E-state index in [4.69, 9.17) is 23.2 Å². The Morgan fingerprint density at radius 1 is 0.951 bits per heavy atom. The predicted octanol–water partition coefficient (Wildman–Crippen LogP) is 5.48. The van der Waals surface area contributed by atoms with Gasteiger partial charge in [0.15, 0.2) is 9.84 Å². The first-order valence-corrected chi connectivity index (χ1v) is 16.5. The number of anilines is 2. The lowest BCUT2D eigenvalue weighted by atomic mass is 9.70. The molecule has 7 nitrogen and oxygen atoms in total. The van der Waals surface area contributed by atoms with Crippen molar-refractivity contribution in [1.82, 2.24) is 4.90 Å². The normalized spacial score (nSPS) is 27.7. The molecular weight excluding hydrogens is 581 g/mol. The van der Waals surface area contributed by atoms with Crippen molar-refractivity contribution in [2.75, 3.05) is 29.6 Å². The molecule has 0 aromatic heterocycles. The summed E-state index contributed by atoms with van der Waals surface area (Å²) in [4.78, 5) is 33.2. The Labute approximate surface area is 249 Å². The van der Waals surface area contributed by atoms with Gasteiger partial charge in [-0.1, -0.05) is 41.4 Å². The van der Waals surface area contributed by atoms with Gasteiger partial charge in [-0.3, -0.25) is 14.5 Å². The summed E-state index contributed by atoms with van der Waals surface area (Å²) in [5, 5.41) is 4.19. The van der Waals surface area contributed by atoms with E-state index < -0.39 is 27.2 Å². The molecule has 3 aliphatic heterocycles. The van der Waals surface area contributed by atoms with E-state index in [9.17, 15) is 18.0 Å². The molecule has 2 saturated heterocycles. The molecule has 7 rings (SSSR count). The van der Waals surface area contributed by atoms with Crippen LogP contribution in [0.1, 0.15) is 36.3 Å². The molecule has 1 spiro atoms. The molecule has 1 aliphatic carbocycles. The van der Waals surface area contributed by atoms with Gasteiger partial charge in [0, 0.05) is 58.3 Å². The number of benzene rings is 3. The van der Waals surface area contributed by atoms with Crippen molar-refractivity contribution in [3.63, 3.8) is 0 Å². The molecule has 3 aromatic carbocycles. The van der Waals surface area contributed by atoms with Crippen LogP contribution in [0.4, 0.5) is 11.4 Å². The highest BCUT2D eigenvalue weighted by Gasteiger charge is 2.69. The monoisotopic (exact) mass is 609 g/mol. The molecular formula is C31H29Cl2N3O4S. The van der Waals surface area contributed by atoms with E-state index in [0.717, 1.165) is 30.5 Å².